The number of aryl methyl sites for hydroxylation is 1. The summed E-state index contributed by atoms with van der Waals surface area (Å²) in [6, 6.07) is 11.2. The third-order valence-electron chi connectivity index (χ3n) is 4.15. The van der Waals surface area contributed by atoms with E-state index >= 15 is 0 Å². The van der Waals surface area contributed by atoms with E-state index in [9.17, 15) is 4.79 Å². The van der Waals surface area contributed by atoms with Gasteiger partial charge in [-0.05, 0) is 44.3 Å². The maximum Gasteiger partial charge on any atom is 0.242 e. The summed E-state index contributed by atoms with van der Waals surface area (Å²) in [5.74, 6) is 1.11. The van der Waals surface area contributed by atoms with Crippen molar-refractivity contribution in [1.29, 1.82) is 0 Å². The molecule has 2 aromatic heterocycles. The fourth-order valence-corrected chi connectivity index (χ4v) is 2.82. The van der Waals surface area contributed by atoms with Crippen LogP contribution in [0.4, 0.5) is 0 Å². The standard InChI is InChI=1S/C19H22N6O/c1-13-6-4-5-7-15(13)17(25(2)3)19(26)21-12-16-22-18(24-23-16)14-8-10-20-11-9-14/h4-11,17H,12H2,1-3H3,(H,21,26)(H,22,23,24). The summed E-state index contributed by atoms with van der Waals surface area (Å²) in [7, 11) is 3.79. The number of amides is 1. The molecule has 0 aliphatic rings. The molecule has 26 heavy (non-hydrogen) atoms. The number of carbonyl (C=O) groups is 1. The van der Waals surface area contributed by atoms with Crippen LogP contribution < -0.4 is 5.32 Å². The lowest BCUT2D eigenvalue weighted by molar-refractivity contribution is -0.126. The van der Waals surface area contributed by atoms with Crippen molar-refractivity contribution in [3.05, 3.63) is 65.7 Å². The van der Waals surface area contributed by atoms with Gasteiger partial charge in [0.15, 0.2) is 5.82 Å². The number of aromatic nitrogens is 4. The number of hydrogen-bond acceptors (Lipinski definition) is 5. The molecule has 1 amide bonds. The first kappa shape index (κ1) is 17.8. The normalized spacial score (nSPS) is 12.2. The molecule has 0 saturated carbocycles. The maximum atomic E-state index is 12.8. The zero-order valence-corrected chi connectivity index (χ0v) is 15.1. The average molecular weight is 350 g/mol. The van der Waals surface area contributed by atoms with Gasteiger partial charge in [-0.2, -0.15) is 5.10 Å². The molecule has 1 atom stereocenters. The van der Waals surface area contributed by atoms with Crippen LogP contribution in [-0.2, 0) is 11.3 Å². The van der Waals surface area contributed by atoms with Gasteiger partial charge in [-0.1, -0.05) is 24.3 Å². The molecule has 134 valence electrons. The largest absolute Gasteiger partial charge is 0.347 e. The molecule has 3 aromatic rings. The molecule has 0 saturated heterocycles. The second-order valence-corrected chi connectivity index (χ2v) is 6.28. The van der Waals surface area contributed by atoms with E-state index in [2.05, 4.69) is 25.5 Å². The summed E-state index contributed by atoms with van der Waals surface area (Å²) >= 11 is 0. The highest BCUT2D eigenvalue weighted by Crippen LogP contribution is 2.22. The Morgan fingerprint density at radius 2 is 1.92 bits per heavy atom. The molecule has 1 aromatic carbocycles. The first-order chi connectivity index (χ1) is 12.6. The number of hydrogen-bond donors (Lipinski definition) is 2. The number of carbonyl (C=O) groups excluding carboxylic acids is 1. The minimum atomic E-state index is -0.362. The van der Waals surface area contributed by atoms with E-state index in [-0.39, 0.29) is 18.5 Å². The van der Waals surface area contributed by atoms with Crippen molar-refractivity contribution >= 4 is 5.91 Å². The van der Waals surface area contributed by atoms with Crippen LogP contribution in [0.3, 0.4) is 0 Å². The Balaban J connectivity index is 1.70. The predicted molar refractivity (Wildman–Crippen MR) is 99.1 cm³/mol. The highest BCUT2D eigenvalue weighted by molar-refractivity contribution is 5.83. The van der Waals surface area contributed by atoms with Gasteiger partial charge in [-0.25, -0.2) is 4.98 Å². The van der Waals surface area contributed by atoms with Crippen molar-refractivity contribution in [3.8, 4) is 11.4 Å². The highest BCUT2D eigenvalue weighted by Gasteiger charge is 2.24. The molecule has 3 rings (SSSR count). The van der Waals surface area contributed by atoms with Gasteiger partial charge in [0.25, 0.3) is 0 Å². The van der Waals surface area contributed by atoms with Crippen molar-refractivity contribution in [3.63, 3.8) is 0 Å². The Kier molecular flexibility index (Phi) is 5.38. The zero-order valence-electron chi connectivity index (χ0n) is 15.1. The molecule has 0 fully saturated rings. The summed E-state index contributed by atoms with van der Waals surface area (Å²) < 4.78 is 0. The number of nitrogens with zero attached hydrogens (tertiary/aromatic N) is 4. The maximum absolute atomic E-state index is 12.8. The van der Waals surface area contributed by atoms with Crippen LogP contribution in [-0.4, -0.2) is 45.1 Å². The number of benzene rings is 1. The van der Waals surface area contributed by atoms with E-state index in [0.29, 0.717) is 11.6 Å². The number of pyridine rings is 1. The van der Waals surface area contributed by atoms with Gasteiger partial charge in [-0.15, -0.1) is 0 Å². The van der Waals surface area contributed by atoms with Crippen molar-refractivity contribution < 1.29 is 4.79 Å². The Bertz CT molecular complexity index is 875. The first-order valence-corrected chi connectivity index (χ1v) is 8.37. The summed E-state index contributed by atoms with van der Waals surface area (Å²) in [5.41, 5.74) is 2.95. The van der Waals surface area contributed by atoms with E-state index < -0.39 is 0 Å². The molecule has 7 nitrogen and oxygen atoms in total. The Hall–Kier alpha value is -3.06. The molecule has 7 heteroatoms. The fraction of sp³-hybridized carbons (Fsp3) is 0.263. The third-order valence-corrected chi connectivity index (χ3v) is 4.15. The summed E-state index contributed by atoms with van der Waals surface area (Å²) in [6.45, 7) is 2.30. The van der Waals surface area contributed by atoms with E-state index in [1.54, 1.807) is 12.4 Å². The number of nitrogens with one attached hydrogen (secondary N) is 2. The minimum absolute atomic E-state index is 0.0776. The van der Waals surface area contributed by atoms with Gasteiger partial charge in [0.2, 0.25) is 5.91 Å². The van der Waals surface area contributed by atoms with E-state index in [1.165, 1.54) is 0 Å². The first-order valence-electron chi connectivity index (χ1n) is 8.37. The molecule has 0 bridgehead atoms. The topological polar surface area (TPSA) is 86.8 Å². The number of aromatic amines is 1. The Labute approximate surface area is 152 Å². The van der Waals surface area contributed by atoms with Crippen LogP contribution in [0.25, 0.3) is 11.4 Å². The molecule has 2 N–H and O–H groups in total. The van der Waals surface area contributed by atoms with Crippen molar-refractivity contribution in [2.45, 2.75) is 19.5 Å². The van der Waals surface area contributed by atoms with Crippen molar-refractivity contribution in [2.75, 3.05) is 14.1 Å². The van der Waals surface area contributed by atoms with Crippen LogP contribution >= 0.6 is 0 Å². The number of likely N-dealkylation sites (N-methyl/N-ethyl adjacent to an activating group) is 1. The zero-order chi connectivity index (χ0) is 18.5. The molecule has 0 radical (unpaired) electrons. The molecule has 0 spiro atoms. The highest BCUT2D eigenvalue weighted by atomic mass is 16.2. The molecule has 0 aliphatic carbocycles. The molecular weight excluding hydrogens is 328 g/mol. The second-order valence-electron chi connectivity index (χ2n) is 6.28. The van der Waals surface area contributed by atoms with Gasteiger partial charge in [0.05, 0.1) is 6.54 Å². The Morgan fingerprint density at radius 3 is 2.62 bits per heavy atom. The van der Waals surface area contributed by atoms with Crippen molar-refractivity contribution in [1.82, 2.24) is 30.4 Å². The fourth-order valence-electron chi connectivity index (χ4n) is 2.82. The van der Waals surface area contributed by atoms with Gasteiger partial charge in [0, 0.05) is 18.0 Å². The average Bonchev–Trinajstić information content (AvgIpc) is 3.11. The molecule has 0 aliphatic heterocycles. The van der Waals surface area contributed by atoms with Gasteiger partial charge in [0.1, 0.15) is 11.9 Å². The van der Waals surface area contributed by atoms with Crippen LogP contribution in [0.1, 0.15) is 23.0 Å². The van der Waals surface area contributed by atoms with Crippen LogP contribution in [0.15, 0.2) is 48.8 Å². The summed E-state index contributed by atoms with van der Waals surface area (Å²) in [6.07, 6.45) is 3.38. The Morgan fingerprint density at radius 1 is 1.19 bits per heavy atom. The SMILES string of the molecule is Cc1ccccc1C(C(=O)NCc1nc(-c2ccncc2)n[nH]1)N(C)C. The summed E-state index contributed by atoms with van der Waals surface area (Å²) in [4.78, 5) is 23.1. The molecule has 1 unspecified atom stereocenters. The summed E-state index contributed by atoms with van der Waals surface area (Å²) in [5, 5.41) is 10.0. The lowest BCUT2D eigenvalue weighted by atomic mass is 10.00. The van der Waals surface area contributed by atoms with Crippen LogP contribution in [0, 0.1) is 6.92 Å². The van der Waals surface area contributed by atoms with Crippen LogP contribution in [0.2, 0.25) is 0 Å². The quantitative estimate of drug-likeness (QED) is 0.711. The second kappa shape index (κ2) is 7.88. The predicted octanol–water partition coefficient (Wildman–Crippen LogP) is 2.09. The van der Waals surface area contributed by atoms with E-state index in [4.69, 9.17) is 0 Å². The lowest BCUT2D eigenvalue weighted by Crippen LogP contribution is -2.37. The third kappa shape index (κ3) is 3.94. The van der Waals surface area contributed by atoms with Crippen molar-refractivity contribution in [2.24, 2.45) is 0 Å². The van der Waals surface area contributed by atoms with Gasteiger partial charge in [-0.3, -0.25) is 19.8 Å². The molecule has 2 heterocycles. The van der Waals surface area contributed by atoms with Crippen LogP contribution in [0.5, 0.6) is 0 Å². The minimum Gasteiger partial charge on any atom is -0.347 e. The number of rotatable bonds is 6. The van der Waals surface area contributed by atoms with Gasteiger partial charge >= 0.3 is 0 Å². The lowest BCUT2D eigenvalue weighted by Gasteiger charge is -2.25. The number of H-pyrrole nitrogens is 1. The molecular formula is C19H22N6O. The smallest absolute Gasteiger partial charge is 0.242 e. The van der Waals surface area contributed by atoms with E-state index in [1.807, 2.05) is 62.3 Å². The van der Waals surface area contributed by atoms with Gasteiger partial charge < -0.3 is 5.32 Å². The van der Waals surface area contributed by atoms with E-state index in [0.717, 1.165) is 16.7 Å². The monoisotopic (exact) mass is 350 g/mol.